The zero-order valence-electron chi connectivity index (χ0n) is 16.8. The Hall–Kier alpha value is -3.30. The molecule has 0 unspecified atom stereocenters. The molecule has 0 bridgehead atoms. The smallest absolute Gasteiger partial charge is 0.312 e. The van der Waals surface area contributed by atoms with Crippen molar-refractivity contribution in [2.45, 2.75) is 19.1 Å². The maximum Gasteiger partial charge on any atom is 0.416 e. The molecule has 0 spiro atoms. The fraction of sp³-hybridized carbons (Fsp3) is 0.174. The van der Waals surface area contributed by atoms with E-state index in [-0.39, 0.29) is 0 Å². The molecule has 32 heavy (non-hydrogen) atoms. The molecule has 0 saturated heterocycles. The van der Waals surface area contributed by atoms with Gasteiger partial charge in [0, 0.05) is 41.6 Å². The Morgan fingerprint density at radius 2 is 1.75 bits per heavy atom. The third-order valence-electron chi connectivity index (χ3n) is 5.19. The lowest BCUT2D eigenvalue weighted by molar-refractivity contribution is -0.137. The van der Waals surface area contributed by atoms with Crippen molar-refractivity contribution in [3.63, 3.8) is 0 Å². The van der Waals surface area contributed by atoms with Gasteiger partial charge in [-0.25, -0.2) is 15.0 Å². The van der Waals surface area contributed by atoms with Crippen molar-refractivity contribution in [3.8, 4) is 22.5 Å². The van der Waals surface area contributed by atoms with Gasteiger partial charge in [0.25, 0.3) is 0 Å². The van der Waals surface area contributed by atoms with E-state index in [9.17, 15) is 13.2 Å². The first kappa shape index (κ1) is 20.6. The van der Waals surface area contributed by atoms with Crippen LogP contribution in [-0.2, 0) is 19.1 Å². The van der Waals surface area contributed by atoms with E-state index >= 15 is 0 Å². The molecule has 3 heterocycles. The quantitative estimate of drug-likeness (QED) is 0.417. The van der Waals surface area contributed by atoms with Crippen molar-refractivity contribution in [1.29, 1.82) is 0 Å². The highest BCUT2D eigenvalue weighted by molar-refractivity contribution is 7.14. The van der Waals surface area contributed by atoms with Crippen molar-refractivity contribution in [2.75, 3.05) is 11.9 Å². The molecule has 162 valence electrons. The van der Waals surface area contributed by atoms with Crippen LogP contribution in [0, 0.1) is 0 Å². The molecule has 0 saturated carbocycles. The molecule has 0 radical (unpaired) electrons. The van der Waals surface area contributed by atoms with Gasteiger partial charge < -0.3 is 10.6 Å². The summed E-state index contributed by atoms with van der Waals surface area (Å²) in [6, 6.07) is 15.1. The van der Waals surface area contributed by atoms with Gasteiger partial charge in [-0.1, -0.05) is 42.5 Å². The highest BCUT2D eigenvalue weighted by Crippen LogP contribution is 2.34. The molecule has 5 rings (SSSR count). The molecule has 5 nitrogen and oxygen atoms in total. The lowest BCUT2D eigenvalue weighted by Crippen LogP contribution is -2.26. The minimum Gasteiger partial charge on any atom is -0.312 e. The number of fused-ring (bicyclic) bond motifs is 1. The average Bonchev–Trinajstić information content (AvgIpc) is 3.27. The molecule has 9 heteroatoms. The molecule has 0 fully saturated rings. The van der Waals surface area contributed by atoms with Gasteiger partial charge in [0.1, 0.15) is 0 Å². The Balaban J connectivity index is 1.46. The second kappa shape index (κ2) is 8.33. The van der Waals surface area contributed by atoms with E-state index in [2.05, 4.69) is 20.6 Å². The number of nitrogens with one attached hydrogen (secondary N) is 2. The SMILES string of the molecule is FC(F)(F)c1cccc(-c2csc(Nc3nc4c(c(-c5ccccc5)n3)CNCC4)n2)c1. The first-order valence-corrected chi connectivity index (χ1v) is 10.9. The van der Waals surface area contributed by atoms with Crippen LogP contribution >= 0.6 is 11.3 Å². The van der Waals surface area contributed by atoms with E-state index < -0.39 is 11.7 Å². The third-order valence-corrected chi connectivity index (χ3v) is 5.95. The molecule has 2 aromatic heterocycles. The Labute approximate surface area is 186 Å². The van der Waals surface area contributed by atoms with Gasteiger partial charge in [-0.3, -0.25) is 0 Å². The van der Waals surface area contributed by atoms with E-state index in [1.165, 1.54) is 17.4 Å². The van der Waals surface area contributed by atoms with Crippen molar-refractivity contribution in [3.05, 3.63) is 76.8 Å². The average molecular weight is 453 g/mol. The van der Waals surface area contributed by atoms with Crippen molar-refractivity contribution in [2.24, 2.45) is 0 Å². The van der Waals surface area contributed by atoms with Gasteiger partial charge >= 0.3 is 6.18 Å². The number of rotatable bonds is 4. The summed E-state index contributed by atoms with van der Waals surface area (Å²) in [5.74, 6) is 0.425. The molecular formula is C23H18F3N5S. The van der Waals surface area contributed by atoms with Crippen LogP contribution in [0.1, 0.15) is 16.8 Å². The molecule has 4 aromatic rings. The number of nitrogens with zero attached hydrogens (tertiary/aromatic N) is 3. The Bertz CT molecular complexity index is 1250. The van der Waals surface area contributed by atoms with E-state index in [0.717, 1.165) is 47.6 Å². The fourth-order valence-electron chi connectivity index (χ4n) is 3.65. The molecule has 0 aliphatic carbocycles. The monoisotopic (exact) mass is 453 g/mol. The largest absolute Gasteiger partial charge is 0.416 e. The van der Waals surface area contributed by atoms with Gasteiger partial charge in [-0.2, -0.15) is 13.2 Å². The maximum absolute atomic E-state index is 13.0. The number of thiazole rings is 1. The first-order chi connectivity index (χ1) is 15.5. The summed E-state index contributed by atoms with van der Waals surface area (Å²) in [6.07, 6.45) is -3.60. The Morgan fingerprint density at radius 1 is 0.938 bits per heavy atom. The topological polar surface area (TPSA) is 62.7 Å². The highest BCUT2D eigenvalue weighted by Gasteiger charge is 2.30. The van der Waals surface area contributed by atoms with Gasteiger partial charge in [0.05, 0.1) is 22.6 Å². The number of halogens is 3. The molecular weight excluding hydrogens is 435 g/mol. The van der Waals surface area contributed by atoms with Crippen molar-refractivity contribution in [1.82, 2.24) is 20.3 Å². The highest BCUT2D eigenvalue weighted by atomic mass is 32.1. The number of aromatic nitrogens is 3. The number of alkyl halides is 3. The molecule has 1 aliphatic heterocycles. The summed E-state index contributed by atoms with van der Waals surface area (Å²) in [4.78, 5) is 13.9. The summed E-state index contributed by atoms with van der Waals surface area (Å²) in [7, 11) is 0. The zero-order valence-corrected chi connectivity index (χ0v) is 17.6. The number of benzene rings is 2. The lowest BCUT2D eigenvalue weighted by Gasteiger charge is -2.20. The predicted molar refractivity (Wildman–Crippen MR) is 119 cm³/mol. The number of hydrogen-bond donors (Lipinski definition) is 2. The second-order valence-electron chi connectivity index (χ2n) is 7.36. The van der Waals surface area contributed by atoms with E-state index in [0.29, 0.717) is 28.9 Å². The summed E-state index contributed by atoms with van der Waals surface area (Å²) in [6.45, 7) is 1.55. The molecule has 0 amide bonds. The van der Waals surface area contributed by atoms with Crippen LogP contribution < -0.4 is 10.6 Å². The number of hydrogen-bond acceptors (Lipinski definition) is 6. The molecule has 2 N–H and O–H groups in total. The Morgan fingerprint density at radius 3 is 2.56 bits per heavy atom. The van der Waals surface area contributed by atoms with E-state index in [1.807, 2.05) is 30.3 Å². The lowest BCUT2D eigenvalue weighted by atomic mass is 10.0. The number of anilines is 2. The second-order valence-corrected chi connectivity index (χ2v) is 8.21. The first-order valence-electron chi connectivity index (χ1n) is 10.0. The maximum atomic E-state index is 13.0. The molecule has 2 aromatic carbocycles. The summed E-state index contributed by atoms with van der Waals surface area (Å²) in [5.41, 5.74) is 4.10. The van der Waals surface area contributed by atoms with Crippen LogP contribution in [-0.4, -0.2) is 21.5 Å². The molecule has 0 atom stereocenters. The van der Waals surface area contributed by atoms with E-state index in [4.69, 9.17) is 4.98 Å². The van der Waals surface area contributed by atoms with Crippen LogP contribution in [0.25, 0.3) is 22.5 Å². The Kier molecular flexibility index (Phi) is 5.36. The minimum atomic E-state index is -4.40. The summed E-state index contributed by atoms with van der Waals surface area (Å²) in [5, 5.41) is 8.75. The van der Waals surface area contributed by atoms with Crippen molar-refractivity contribution < 1.29 is 13.2 Å². The van der Waals surface area contributed by atoms with E-state index in [1.54, 1.807) is 11.4 Å². The normalized spacial score (nSPS) is 13.6. The standard InChI is InChI=1S/C23H18F3N5S/c24-23(25,26)16-8-4-7-15(11-16)19-13-32-22(29-19)31-21-28-18-9-10-27-12-17(18)20(30-21)14-5-2-1-3-6-14/h1-8,11,13,27H,9-10,12H2,(H,28,29,30,31). The van der Waals surface area contributed by atoms with Gasteiger partial charge in [0.2, 0.25) is 5.95 Å². The van der Waals surface area contributed by atoms with Crippen LogP contribution in [0.3, 0.4) is 0 Å². The van der Waals surface area contributed by atoms with Crippen LogP contribution in [0.2, 0.25) is 0 Å². The predicted octanol–water partition coefficient (Wildman–Crippen LogP) is 5.68. The van der Waals surface area contributed by atoms with Gasteiger partial charge in [0.15, 0.2) is 5.13 Å². The molecule has 1 aliphatic rings. The van der Waals surface area contributed by atoms with Gasteiger partial charge in [-0.15, -0.1) is 11.3 Å². The summed E-state index contributed by atoms with van der Waals surface area (Å²) < 4.78 is 39.1. The van der Waals surface area contributed by atoms with Crippen LogP contribution in [0.4, 0.5) is 24.3 Å². The third kappa shape index (κ3) is 4.21. The van der Waals surface area contributed by atoms with Crippen molar-refractivity contribution >= 4 is 22.4 Å². The zero-order chi connectivity index (χ0) is 22.1. The summed E-state index contributed by atoms with van der Waals surface area (Å²) >= 11 is 1.30. The fourth-order valence-corrected chi connectivity index (χ4v) is 4.36. The van der Waals surface area contributed by atoms with Crippen LogP contribution in [0.15, 0.2) is 60.0 Å². The van der Waals surface area contributed by atoms with Crippen LogP contribution in [0.5, 0.6) is 0 Å². The van der Waals surface area contributed by atoms with Gasteiger partial charge in [-0.05, 0) is 12.1 Å². The minimum absolute atomic E-state index is 0.409.